The first-order valence-electron chi connectivity index (χ1n) is 8.73. The minimum atomic E-state index is -0.289. The second-order valence-electron chi connectivity index (χ2n) is 6.36. The first-order valence-corrected chi connectivity index (χ1v) is 8.73. The van der Waals surface area contributed by atoms with Crippen molar-refractivity contribution in [3.8, 4) is 5.75 Å². The normalized spacial score (nSPS) is 10.8. The number of benzene rings is 3. The molecule has 6 nitrogen and oxygen atoms in total. The maximum atomic E-state index is 12.6. The van der Waals surface area contributed by atoms with Crippen molar-refractivity contribution >= 4 is 45.1 Å². The maximum absolute atomic E-state index is 12.6. The number of hydrogen-bond acceptors (Lipinski definition) is 4. The maximum Gasteiger partial charge on any atom is 0.255 e. The first-order chi connectivity index (χ1) is 13.5. The number of fused-ring (bicyclic) bond motifs is 3. The van der Waals surface area contributed by atoms with Gasteiger partial charge in [-0.1, -0.05) is 18.2 Å². The van der Waals surface area contributed by atoms with E-state index in [1.165, 1.54) is 6.92 Å². The molecule has 0 unspecified atom stereocenters. The summed E-state index contributed by atoms with van der Waals surface area (Å²) in [6.45, 7) is 1.43. The Morgan fingerprint density at radius 1 is 0.893 bits per heavy atom. The molecule has 4 rings (SSSR count). The molecule has 0 aliphatic rings. The van der Waals surface area contributed by atoms with Crippen LogP contribution in [-0.4, -0.2) is 18.9 Å². The first kappa shape index (κ1) is 17.6. The lowest BCUT2D eigenvalue weighted by Crippen LogP contribution is -2.13. The quantitative estimate of drug-likeness (QED) is 0.537. The van der Waals surface area contributed by atoms with Crippen LogP contribution < -0.4 is 15.4 Å². The van der Waals surface area contributed by atoms with Crippen LogP contribution in [0.3, 0.4) is 0 Å². The van der Waals surface area contributed by atoms with E-state index < -0.39 is 0 Å². The van der Waals surface area contributed by atoms with Crippen LogP contribution in [0.4, 0.5) is 11.4 Å². The number of methoxy groups -OCH3 is 1. The van der Waals surface area contributed by atoms with Gasteiger partial charge in [-0.05, 0) is 36.4 Å². The molecule has 0 atom stereocenters. The van der Waals surface area contributed by atoms with E-state index in [-0.39, 0.29) is 11.8 Å². The summed E-state index contributed by atoms with van der Waals surface area (Å²) in [6.07, 6.45) is 0. The largest absolute Gasteiger partial charge is 0.495 e. The Hall–Kier alpha value is -3.80. The van der Waals surface area contributed by atoms with Crippen molar-refractivity contribution in [1.29, 1.82) is 0 Å². The number of carbonyl (C=O) groups excluding carboxylic acids is 2. The number of rotatable bonds is 4. The van der Waals surface area contributed by atoms with Crippen LogP contribution >= 0.6 is 0 Å². The number of carbonyl (C=O) groups is 2. The predicted octanol–water partition coefficient (Wildman–Crippen LogP) is 4.81. The highest BCUT2D eigenvalue weighted by Gasteiger charge is 2.15. The van der Waals surface area contributed by atoms with E-state index in [1.807, 2.05) is 30.3 Å². The molecule has 3 aromatic carbocycles. The lowest BCUT2D eigenvalue weighted by atomic mass is 10.1. The highest BCUT2D eigenvalue weighted by molar-refractivity contribution is 6.10. The number of anilines is 2. The summed E-state index contributed by atoms with van der Waals surface area (Å²) in [5, 5.41) is 7.44. The fourth-order valence-corrected chi connectivity index (χ4v) is 3.12. The van der Waals surface area contributed by atoms with Crippen LogP contribution in [0.5, 0.6) is 5.75 Å². The zero-order valence-electron chi connectivity index (χ0n) is 15.4. The Morgan fingerprint density at radius 3 is 2.36 bits per heavy atom. The molecular weight excluding hydrogens is 356 g/mol. The fraction of sp³-hybridized carbons (Fsp3) is 0.0909. The van der Waals surface area contributed by atoms with Crippen LogP contribution in [0.15, 0.2) is 65.1 Å². The minimum Gasteiger partial charge on any atom is -0.495 e. The average molecular weight is 374 g/mol. The van der Waals surface area contributed by atoms with Gasteiger partial charge in [0.05, 0.1) is 12.8 Å². The molecule has 2 amide bonds. The third kappa shape index (κ3) is 3.27. The summed E-state index contributed by atoms with van der Waals surface area (Å²) in [6, 6.07) is 18.0. The van der Waals surface area contributed by atoms with Crippen molar-refractivity contribution in [1.82, 2.24) is 0 Å². The van der Waals surface area contributed by atoms with Gasteiger partial charge in [-0.2, -0.15) is 0 Å². The summed E-state index contributed by atoms with van der Waals surface area (Å²) in [7, 11) is 1.56. The molecule has 6 heteroatoms. The molecular formula is C22H18N2O4. The molecule has 28 heavy (non-hydrogen) atoms. The van der Waals surface area contributed by atoms with Crippen LogP contribution in [0.2, 0.25) is 0 Å². The Balaban J connectivity index is 1.65. The topological polar surface area (TPSA) is 80.6 Å². The van der Waals surface area contributed by atoms with Gasteiger partial charge < -0.3 is 19.8 Å². The van der Waals surface area contributed by atoms with Gasteiger partial charge in [0.15, 0.2) is 0 Å². The Morgan fingerprint density at radius 2 is 1.64 bits per heavy atom. The van der Waals surface area contributed by atoms with Gasteiger partial charge in [0.25, 0.3) is 5.91 Å². The molecule has 0 aliphatic heterocycles. The number of nitrogens with one attached hydrogen (secondary N) is 2. The van der Waals surface area contributed by atoms with E-state index >= 15 is 0 Å². The van der Waals surface area contributed by atoms with Gasteiger partial charge in [0.2, 0.25) is 5.91 Å². The summed E-state index contributed by atoms with van der Waals surface area (Å²) in [5.74, 6) is 0.0893. The monoisotopic (exact) mass is 374 g/mol. The second-order valence-corrected chi connectivity index (χ2v) is 6.36. The van der Waals surface area contributed by atoms with Crippen molar-refractivity contribution in [2.75, 3.05) is 17.7 Å². The van der Waals surface area contributed by atoms with Crippen LogP contribution in [0, 0.1) is 0 Å². The zero-order chi connectivity index (χ0) is 19.7. The van der Waals surface area contributed by atoms with Crippen LogP contribution in [0.1, 0.15) is 17.3 Å². The molecule has 0 fully saturated rings. The summed E-state index contributed by atoms with van der Waals surface area (Å²) in [4.78, 5) is 23.7. The lowest BCUT2D eigenvalue weighted by molar-refractivity contribution is -0.114. The van der Waals surface area contributed by atoms with Gasteiger partial charge >= 0.3 is 0 Å². The predicted molar refractivity (Wildman–Crippen MR) is 109 cm³/mol. The molecule has 2 N–H and O–H groups in total. The van der Waals surface area contributed by atoms with Crippen molar-refractivity contribution in [2.45, 2.75) is 6.92 Å². The van der Waals surface area contributed by atoms with Gasteiger partial charge in [0.1, 0.15) is 16.9 Å². The van der Waals surface area contributed by atoms with Crippen LogP contribution in [-0.2, 0) is 4.79 Å². The number of ether oxygens (including phenoxy) is 1. The van der Waals surface area contributed by atoms with Gasteiger partial charge in [-0.15, -0.1) is 0 Å². The minimum absolute atomic E-state index is 0.166. The Bertz CT molecular complexity index is 1190. The lowest BCUT2D eigenvalue weighted by Gasteiger charge is -2.11. The molecule has 1 heterocycles. The number of para-hydroxylation sites is 1. The fourth-order valence-electron chi connectivity index (χ4n) is 3.12. The summed E-state index contributed by atoms with van der Waals surface area (Å²) in [5.41, 5.74) is 3.05. The Kier molecular flexibility index (Phi) is 4.45. The van der Waals surface area contributed by atoms with Gasteiger partial charge in [-0.3, -0.25) is 9.59 Å². The van der Waals surface area contributed by atoms with E-state index in [0.29, 0.717) is 28.3 Å². The van der Waals surface area contributed by atoms with E-state index in [9.17, 15) is 9.59 Å². The molecule has 0 saturated heterocycles. The zero-order valence-corrected chi connectivity index (χ0v) is 15.4. The highest BCUT2D eigenvalue weighted by atomic mass is 16.5. The van der Waals surface area contributed by atoms with Crippen molar-refractivity contribution < 1.29 is 18.7 Å². The molecule has 140 valence electrons. The smallest absolute Gasteiger partial charge is 0.255 e. The average Bonchev–Trinajstić information content (AvgIpc) is 3.04. The SMILES string of the molecule is COc1cc2c(cc1NC(=O)c1ccc(NC(C)=O)cc1)oc1ccccc12. The molecule has 0 spiro atoms. The number of furan rings is 1. The second kappa shape index (κ2) is 7.08. The Labute approximate surface area is 161 Å². The van der Waals surface area contributed by atoms with E-state index in [1.54, 1.807) is 37.4 Å². The molecule has 0 saturated carbocycles. The molecule has 1 aromatic heterocycles. The molecule has 0 aliphatic carbocycles. The van der Waals surface area contributed by atoms with Crippen molar-refractivity contribution in [2.24, 2.45) is 0 Å². The van der Waals surface area contributed by atoms with Gasteiger partial charge in [0, 0.05) is 35.0 Å². The van der Waals surface area contributed by atoms with Crippen LogP contribution in [0.25, 0.3) is 21.9 Å². The summed E-state index contributed by atoms with van der Waals surface area (Å²) < 4.78 is 11.4. The van der Waals surface area contributed by atoms with E-state index in [0.717, 1.165) is 16.4 Å². The van der Waals surface area contributed by atoms with Gasteiger partial charge in [-0.25, -0.2) is 0 Å². The highest BCUT2D eigenvalue weighted by Crippen LogP contribution is 2.36. The number of amides is 2. The van der Waals surface area contributed by atoms with E-state index in [4.69, 9.17) is 9.15 Å². The molecule has 4 aromatic rings. The van der Waals surface area contributed by atoms with Crippen molar-refractivity contribution in [3.63, 3.8) is 0 Å². The number of hydrogen-bond donors (Lipinski definition) is 2. The third-order valence-corrected chi connectivity index (χ3v) is 4.41. The molecule has 0 bridgehead atoms. The van der Waals surface area contributed by atoms with E-state index in [2.05, 4.69) is 10.6 Å². The third-order valence-electron chi connectivity index (χ3n) is 4.41. The summed E-state index contributed by atoms with van der Waals surface area (Å²) >= 11 is 0. The standard InChI is InChI=1S/C22H18N2O4/c1-13(25)23-15-9-7-14(8-10-15)22(26)24-18-12-20-17(11-21(18)27-2)16-5-3-4-6-19(16)28-20/h3-12H,1-2H3,(H,23,25)(H,24,26). The molecule has 0 radical (unpaired) electrons. The van der Waals surface area contributed by atoms with Crippen molar-refractivity contribution in [3.05, 3.63) is 66.2 Å².